The number of rotatable bonds is 8. The minimum absolute atomic E-state index is 0.0612. The molecule has 1 rings (SSSR count). The van der Waals surface area contributed by atoms with Gasteiger partial charge in [0.05, 0.1) is 13.2 Å². The van der Waals surface area contributed by atoms with Gasteiger partial charge in [0.1, 0.15) is 0 Å². The molecule has 0 saturated carbocycles. The van der Waals surface area contributed by atoms with E-state index >= 15 is 0 Å². The van der Waals surface area contributed by atoms with Crippen LogP contribution in [0.4, 0.5) is 26.3 Å². The molecular weight excluding hydrogens is 282 g/mol. The monoisotopic (exact) mass is 296 g/mol. The maximum Gasteiger partial charge on any atom is 0.369 e. The molecule has 114 valence electrons. The molecule has 0 aromatic rings. The lowest BCUT2D eigenvalue weighted by Crippen LogP contribution is -2.48. The molecule has 1 heterocycles. The maximum absolute atomic E-state index is 13.7. The fourth-order valence-electron chi connectivity index (χ4n) is 1.71. The van der Waals surface area contributed by atoms with Crippen LogP contribution >= 0.6 is 0 Å². The van der Waals surface area contributed by atoms with Gasteiger partial charge in [-0.25, -0.2) is 9.80 Å². The Morgan fingerprint density at radius 1 is 0.842 bits per heavy atom. The number of hydrogen-bond acceptors (Lipinski definition) is 4. The molecule has 4 nitrogen and oxygen atoms in total. The van der Waals surface area contributed by atoms with Crippen molar-refractivity contribution in [2.24, 2.45) is 0 Å². The average molecular weight is 296 g/mol. The highest BCUT2D eigenvalue weighted by Crippen LogP contribution is 2.29. The van der Waals surface area contributed by atoms with Crippen molar-refractivity contribution >= 4 is 0 Å². The quantitative estimate of drug-likeness (QED) is 0.502. The number of hydrogen-bond donors (Lipinski definition) is 0. The second-order valence-electron chi connectivity index (χ2n) is 3.75. The van der Waals surface area contributed by atoms with Crippen molar-refractivity contribution in [2.45, 2.75) is 19.4 Å². The van der Waals surface area contributed by atoms with E-state index in [1.807, 2.05) is 0 Å². The Hall–Kier alpha value is -0.580. The van der Waals surface area contributed by atoms with Gasteiger partial charge in [-0.3, -0.25) is 0 Å². The van der Waals surface area contributed by atoms with Crippen LogP contribution in [0.3, 0.4) is 0 Å². The molecule has 0 aromatic heterocycles. The lowest BCUT2D eigenvalue weighted by molar-refractivity contribution is -0.225. The fourth-order valence-corrected chi connectivity index (χ4v) is 1.71. The molecule has 0 N–H and O–H groups in total. The Balaban J connectivity index is 2.34. The highest BCUT2D eigenvalue weighted by molar-refractivity contribution is 4.80. The molecule has 19 heavy (non-hydrogen) atoms. The summed E-state index contributed by atoms with van der Waals surface area (Å²) in [7, 11) is 0. The predicted octanol–water partition coefficient (Wildman–Crippen LogP) is 1.63. The van der Waals surface area contributed by atoms with Crippen molar-refractivity contribution in [3.63, 3.8) is 0 Å². The Morgan fingerprint density at radius 3 is 1.53 bits per heavy atom. The van der Waals surface area contributed by atoms with Gasteiger partial charge in [0.25, 0.3) is 0 Å². The second-order valence-corrected chi connectivity index (χ2v) is 3.75. The second kappa shape index (κ2) is 7.27. The average Bonchev–Trinajstić information content (AvgIpc) is 2.55. The molecule has 0 atom stereocenters. The largest absolute Gasteiger partial charge is 0.369 e. The fraction of sp³-hybridized carbons (Fsp3) is 1.00. The van der Waals surface area contributed by atoms with Gasteiger partial charge in [-0.15, -0.1) is 0 Å². The molecule has 0 aromatic carbocycles. The lowest BCUT2D eigenvalue weighted by atomic mass is 10.5. The van der Waals surface area contributed by atoms with E-state index in [-0.39, 0.29) is 26.2 Å². The maximum atomic E-state index is 13.7. The first-order valence-electron chi connectivity index (χ1n) is 5.51. The molecule has 0 spiro atoms. The minimum atomic E-state index is -3.38. The summed E-state index contributed by atoms with van der Waals surface area (Å²) in [6.45, 7) is -7.95. The Labute approximate surface area is 105 Å². The molecule has 0 bridgehead atoms. The van der Waals surface area contributed by atoms with E-state index in [4.69, 9.17) is 0 Å². The highest BCUT2D eigenvalue weighted by Gasteiger charge is 2.48. The zero-order valence-electron chi connectivity index (χ0n) is 9.88. The summed E-state index contributed by atoms with van der Waals surface area (Å²) in [4.78, 5) is 1.30. The van der Waals surface area contributed by atoms with Crippen LogP contribution < -0.4 is 0 Å². The van der Waals surface area contributed by atoms with Crippen LogP contribution in [0.1, 0.15) is 0 Å². The molecular formula is C9H14F6N2O2. The van der Waals surface area contributed by atoms with Gasteiger partial charge < -0.3 is 9.47 Å². The summed E-state index contributed by atoms with van der Waals surface area (Å²) in [5.74, 6) is 0. The van der Waals surface area contributed by atoms with Crippen LogP contribution in [0.5, 0.6) is 0 Å². The van der Waals surface area contributed by atoms with Crippen LogP contribution in [0.25, 0.3) is 0 Å². The topological polar surface area (TPSA) is 24.9 Å². The molecule has 1 fully saturated rings. The van der Waals surface area contributed by atoms with Crippen LogP contribution in [-0.2, 0) is 9.47 Å². The Morgan fingerprint density at radius 2 is 1.21 bits per heavy atom. The van der Waals surface area contributed by atoms with Crippen molar-refractivity contribution in [1.82, 2.24) is 9.80 Å². The standard InChI is InChI=1S/C9H14F6N2O2/c10-7(11)18-5-3-16-1-2-17(9(16,14)15)4-6-19-8(12)13/h7-8H,1-6H2. The summed E-state index contributed by atoms with van der Waals surface area (Å²) in [5.41, 5.74) is 0. The third-order valence-electron chi connectivity index (χ3n) is 2.61. The Kier molecular flexibility index (Phi) is 6.30. The van der Waals surface area contributed by atoms with Gasteiger partial charge in [0.2, 0.25) is 0 Å². The first-order chi connectivity index (χ1) is 8.84. The van der Waals surface area contributed by atoms with Crippen molar-refractivity contribution < 1.29 is 35.8 Å². The van der Waals surface area contributed by atoms with Gasteiger partial charge in [-0.2, -0.15) is 26.3 Å². The lowest BCUT2D eigenvalue weighted by Gasteiger charge is -2.29. The molecule has 1 aliphatic heterocycles. The van der Waals surface area contributed by atoms with E-state index in [0.29, 0.717) is 9.80 Å². The van der Waals surface area contributed by atoms with Gasteiger partial charge in [0.15, 0.2) is 0 Å². The van der Waals surface area contributed by atoms with Gasteiger partial charge in [0, 0.05) is 26.2 Å². The summed E-state index contributed by atoms with van der Waals surface area (Å²) in [6.07, 6.45) is -3.38. The third-order valence-corrected chi connectivity index (χ3v) is 2.61. The molecule has 10 heteroatoms. The summed E-state index contributed by atoms with van der Waals surface area (Å²) in [6, 6.07) is 0. The van der Waals surface area contributed by atoms with E-state index in [2.05, 4.69) is 9.47 Å². The molecule has 0 amide bonds. The van der Waals surface area contributed by atoms with E-state index in [0.717, 1.165) is 0 Å². The zero-order chi connectivity index (χ0) is 14.5. The molecule has 0 unspecified atom stereocenters. The van der Waals surface area contributed by atoms with E-state index in [1.165, 1.54) is 0 Å². The van der Waals surface area contributed by atoms with Crippen LogP contribution in [0, 0.1) is 0 Å². The first-order valence-corrected chi connectivity index (χ1v) is 5.51. The molecule has 1 saturated heterocycles. The number of halogens is 6. The van der Waals surface area contributed by atoms with E-state index in [1.54, 1.807) is 0 Å². The van der Waals surface area contributed by atoms with Gasteiger partial charge in [-0.05, 0) is 0 Å². The van der Waals surface area contributed by atoms with Crippen LogP contribution in [0.2, 0.25) is 0 Å². The van der Waals surface area contributed by atoms with Gasteiger partial charge in [-0.1, -0.05) is 0 Å². The smallest absolute Gasteiger partial charge is 0.322 e. The molecule has 1 aliphatic rings. The molecule has 0 radical (unpaired) electrons. The molecule has 0 aliphatic carbocycles. The van der Waals surface area contributed by atoms with Crippen LogP contribution in [0.15, 0.2) is 0 Å². The van der Waals surface area contributed by atoms with Crippen molar-refractivity contribution in [3.05, 3.63) is 0 Å². The number of alkyl halides is 6. The van der Waals surface area contributed by atoms with Crippen molar-refractivity contribution in [2.75, 3.05) is 39.4 Å². The summed E-state index contributed by atoms with van der Waals surface area (Å²) < 4.78 is 81.9. The summed E-state index contributed by atoms with van der Waals surface area (Å²) in [5, 5.41) is 0. The predicted molar refractivity (Wildman–Crippen MR) is 52.0 cm³/mol. The Bertz CT molecular complexity index is 245. The normalized spacial score (nSPS) is 20.8. The first kappa shape index (κ1) is 16.5. The van der Waals surface area contributed by atoms with Crippen LogP contribution in [-0.4, -0.2) is 68.6 Å². The zero-order valence-corrected chi connectivity index (χ0v) is 9.88. The van der Waals surface area contributed by atoms with Crippen molar-refractivity contribution in [1.29, 1.82) is 0 Å². The summed E-state index contributed by atoms with van der Waals surface area (Å²) >= 11 is 0. The number of ether oxygens (including phenoxy) is 2. The van der Waals surface area contributed by atoms with E-state index in [9.17, 15) is 26.3 Å². The SMILES string of the molecule is FC(F)OCCN1CCN(CCOC(F)F)C1(F)F. The van der Waals surface area contributed by atoms with Crippen molar-refractivity contribution in [3.8, 4) is 0 Å². The van der Waals surface area contributed by atoms with Gasteiger partial charge >= 0.3 is 19.4 Å². The minimum Gasteiger partial charge on any atom is -0.322 e. The van der Waals surface area contributed by atoms with E-state index < -0.39 is 32.6 Å². The highest BCUT2D eigenvalue weighted by atomic mass is 19.3. The number of nitrogens with zero attached hydrogens (tertiary/aromatic N) is 2. The third kappa shape index (κ3) is 5.13.